The minimum Gasteiger partial charge on any atom is -0.334 e. The highest BCUT2D eigenvalue weighted by Crippen LogP contribution is 2.05. The van der Waals surface area contributed by atoms with Crippen LogP contribution in [0.3, 0.4) is 0 Å². The lowest BCUT2D eigenvalue weighted by molar-refractivity contribution is 0.0777. The molecule has 2 heterocycles. The zero-order valence-electron chi connectivity index (χ0n) is 10.4. The predicted molar refractivity (Wildman–Crippen MR) is 69.0 cm³/mol. The first kappa shape index (κ1) is 12.7. The van der Waals surface area contributed by atoms with Gasteiger partial charge < -0.3 is 4.90 Å². The fourth-order valence-electron chi connectivity index (χ4n) is 1.59. The first-order valence-corrected chi connectivity index (χ1v) is 5.72. The Hall–Kier alpha value is -2.74. The number of hydrogen-bond acceptors (Lipinski definition) is 4. The molecule has 5 heteroatoms. The van der Waals surface area contributed by atoms with Crippen molar-refractivity contribution >= 4 is 5.91 Å². The zero-order valence-corrected chi connectivity index (χ0v) is 10.4. The quantitative estimate of drug-likeness (QED) is 0.832. The van der Waals surface area contributed by atoms with Gasteiger partial charge >= 0.3 is 0 Å². The lowest BCUT2D eigenvalue weighted by atomic mass is 10.2. The maximum Gasteiger partial charge on any atom is 0.272 e. The Labute approximate surface area is 111 Å². The number of amides is 1. The lowest BCUT2D eigenvalue weighted by Crippen LogP contribution is -2.27. The van der Waals surface area contributed by atoms with E-state index >= 15 is 0 Å². The fourth-order valence-corrected chi connectivity index (χ4v) is 1.59. The number of rotatable bonds is 3. The van der Waals surface area contributed by atoms with Crippen LogP contribution in [0, 0.1) is 11.3 Å². The van der Waals surface area contributed by atoms with Crippen LogP contribution in [0.4, 0.5) is 0 Å². The molecule has 0 radical (unpaired) electrons. The van der Waals surface area contributed by atoms with Crippen LogP contribution < -0.4 is 0 Å². The van der Waals surface area contributed by atoms with Gasteiger partial charge in [-0.3, -0.25) is 9.78 Å². The highest BCUT2D eigenvalue weighted by atomic mass is 16.2. The van der Waals surface area contributed by atoms with E-state index in [1.165, 1.54) is 11.1 Å². The molecule has 0 spiro atoms. The first-order valence-electron chi connectivity index (χ1n) is 5.72. The van der Waals surface area contributed by atoms with Crippen molar-refractivity contribution in [2.75, 3.05) is 7.05 Å². The van der Waals surface area contributed by atoms with Crippen LogP contribution in [0.1, 0.15) is 21.7 Å². The molecule has 2 aromatic rings. The normalized spacial score (nSPS) is 9.68. The first-order chi connectivity index (χ1) is 9.20. The van der Waals surface area contributed by atoms with Crippen molar-refractivity contribution in [2.24, 2.45) is 0 Å². The van der Waals surface area contributed by atoms with E-state index in [-0.39, 0.29) is 5.91 Å². The average Bonchev–Trinajstić information content (AvgIpc) is 2.47. The molecular formula is C14H12N4O. The molecule has 1 amide bonds. The largest absolute Gasteiger partial charge is 0.334 e. The zero-order chi connectivity index (χ0) is 13.7. The molecule has 0 atom stereocenters. The minimum absolute atomic E-state index is 0.199. The summed E-state index contributed by atoms with van der Waals surface area (Å²) in [5.41, 5.74) is 1.56. The molecule has 0 aliphatic heterocycles. The Morgan fingerprint density at radius 2 is 2.16 bits per heavy atom. The summed E-state index contributed by atoms with van der Waals surface area (Å²) in [7, 11) is 1.69. The monoisotopic (exact) mass is 252 g/mol. The van der Waals surface area contributed by atoms with Gasteiger partial charge in [0.05, 0.1) is 17.8 Å². The van der Waals surface area contributed by atoms with Gasteiger partial charge in [0.2, 0.25) is 0 Å². The molecule has 2 aromatic heterocycles. The molecule has 0 N–H and O–H groups in total. The highest BCUT2D eigenvalue weighted by Gasteiger charge is 2.13. The van der Waals surface area contributed by atoms with E-state index in [2.05, 4.69) is 9.97 Å². The van der Waals surface area contributed by atoms with E-state index in [0.717, 1.165) is 5.69 Å². The second kappa shape index (κ2) is 5.74. The summed E-state index contributed by atoms with van der Waals surface area (Å²) in [6, 6.07) is 10.7. The van der Waals surface area contributed by atoms with Crippen molar-refractivity contribution in [2.45, 2.75) is 6.54 Å². The maximum atomic E-state index is 12.1. The van der Waals surface area contributed by atoms with Crippen LogP contribution in [0.5, 0.6) is 0 Å². The fraction of sp³-hybridized carbons (Fsp3) is 0.143. The summed E-state index contributed by atoms with van der Waals surface area (Å²) in [6.45, 7) is 0.418. The molecule has 2 rings (SSSR count). The Morgan fingerprint density at radius 3 is 2.74 bits per heavy atom. The second-order valence-electron chi connectivity index (χ2n) is 4.03. The number of nitriles is 1. The summed E-state index contributed by atoms with van der Waals surface area (Å²) in [4.78, 5) is 21.8. The van der Waals surface area contributed by atoms with Crippen molar-refractivity contribution in [3.8, 4) is 6.07 Å². The van der Waals surface area contributed by atoms with E-state index in [1.807, 2.05) is 24.3 Å². The number of carbonyl (C=O) groups excluding carboxylic acids is 1. The second-order valence-corrected chi connectivity index (χ2v) is 4.03. The van der Waals surface area contributed by atoms with Gasteiger partial charge in [0.1, 0.15) is 11.8 Å². The highest BCUT2D eigenvalue weighted by molar-refractivity contribution is 5.92. The van der Waals surface area contributed by atoms with Gasteiger partial charge in [-0.1, -0.05) is 6.07 Å². The Bertz CT molecular complexity index is 602. The van der Waals surface area contributed by atoms with Gasteiger partial charge in [-0.2, -0.15) is 5.26 Å². The van der Waals surface area contributed by atoms with Gasteiger partial charge in [-0.15, -0.1) is 0 Å². The third kappa shape index (κ3) is 3.13. The van der Waals surface area contributed by atoms with E-state index < -0.39 is 0 Å². The predicted octanol–water partition coefficient (Wildman–Crippen LogP) is 1.62. The van der Waals surface area contributed by atoms with Crippen LogP contribution in [0.25, 0.3) is 0 Å². The van der Waals surface area contributed by atoms with Crippen LogP contribution in [0.15, 0.2) is 42.7 Å². The molecule has 0 aromatic carbocycles. The van der Waals surface area contributed by atoms with Gasteiger partial charge in [-0.05, 0) is 24.3 Å². The number of hydrogen-bond donors (Lipinski definition) is 0. The van der Waals surface area contributed by atoms with Crippen molar-refractivity contribution in [1.82, 2.24) is 14.9 Å². The SMILES string of the molecule is CN(Cc1ccccn1)C(=O)c1ccc(C#N)cn1. The van der Waals surface area contributed by atoms with Crippen molar-refractivity contribution < 1.29 is 4.79 Å². The molecule has 0 bridgehead atoms. The maximum absolute atomic E-state index is 12.1. The number of aromatic nitrogens is 2. The molecule has 0 aliphatic rings. The molecule has 0 fully saturated rings. The molecule has 0 saturated heterocycles. The topological polar surface area (TPSA) is 69.9 Å². The van der Waals surface area contributed by atoms with Crippen molar-refractivity contribution in [3.05, 3.63) is 59.7 Å². The van der Waals surface area contributed by atoms with E-state index in [9.17, 15) is 4.79 Å². The minimum atomic E-state index is -0.199. The van der Waals surface area contributed by atoms with E-state index in [1.54, 1.807) is 25.4 Å². The van der Waals surface area contributed by atoms with Crippen molar-refractivity contribution in [1.29, 1.82) is 5.26 Å². The number of carbonyl (C=O) groups is 1. The number of nitrogens with zero attached hydrogens (tertiary/aromatic N) is 4. The Morgan fingerprint density at radius 1 is 1.32 bits per heavy atom. The third-order valence-electron chi connectivity index (χ3n) is 2.58. The average molecular weight is 252 g/mol. The standard InChI is InChI=1S/C14H12N4O/c1-18(10-12-4-2-3-7-16-12)14(19)13-6-5-11(8-15)9-17-13/h2-7,9H,10H2,1H3. The van der Waals surface area contributed by atoms with Crippen LogP contribution >= 0.6 is 0 Å². The summed E-state index contributed by atoms with van der Waals surface area (Å²) >= 11 is 0. The Kier molecular flexibility index (Phi) is 3.84. The van der Waals surface area contributed by atoms with Gasteiger partial charge in [0, 0.05) is 19.4 Å². The van der Waals surface area contributed by atoms with Crippen LogP contribution in [0.2, 0.25) is 0 Å². The summed E-state index contributed by atoms with van der Waals surface area (Å²) in [5, 5.41) is 8.68. The van der Waals surface area contributed by atoms with Crippen molar-refractivity contribution in [3.63, 3.8) is 0 Å². The number of pyridine rings is 2. The summed E-state index contributed by atoms with van der Waals surface area (Å²) in [5.74, 6) is -0.199. The van der Waals surface area contributed by atoms with E-state index in [0.29, 0.717) is 17.8 Å². The summed E-state index contributed by atoms with van der Waals surface area (Å²) in [6.07, 6.45) is 3.08. The summed E-state index contributed by atoms with van der Waals surface area (Å²) < 4.78 is 0. The molecule has 0 unspecified atom stereocenters. The van der Waals surface area contributed by atoms with Gasteiger partial charge in [-0.25, -0.2) is 4.98 Å². The van der Waals surface area contributed by atoms with Crippen LogP contribution in [-0.4, -0.2) is 27.8 Å². The van der Waals surface area contributed by atoms with Gasteiger partial charge in [0.15, 0.2) is 0 Å². The van der Waals surface area contributed by atoms with Gasteiger partial charge in [0.25, 0.3) is 5.91 Å². The molecule has 94 valence electrons. The Balaban J connectivity index is 2.08. The molecule has 0 aliphatic carbocycles. The third-order valence-corrected chi connectivity index (χ3v) is 2.58. The molecule has 5 nitrogen and oxygen atoms in total. The molecular weight excluding hydrogens is 240 g/mol. The van der Waals surface area contributed by atoms with Crippen LogP contribution in [-0.2, 0) is 6.54 Å². The lowest BCUT2D eigenvalue weighted by Gasteiger charge is -2.16. The van der Waals surface area contributed by atoms with E-state index in [4.69, 9.17) is 5.26 Å². The molecule has 19 heavy (non-hydrogen) atoms. The smallest absolute Gasteiger partial charge is 0.272 e. The molecule has 0 saturated carbocycles.